The molecular weight excluding hydrogens is 142 g/mol. The van der Waals surface area contributed by atoms with Crippen molar-refractivity contribution in [3.05, 3.63) is 0 Å². The van der Waals surface area contributed by atoms with E-state index in [2.05, 4.69) is 0 Å². The van der Waals surface area contributed by atoms with E-state index in [1.54, 1.807) is 4.90 Å². The molecule has 1 rings (SSSR count). The Hall–Kier alpha value is -0.730. The third-order valence-electron chi connectivity index (χ3n) is 1.44. The van der Waals surface area contributed by atoms with Crippen LogP contribution in [0.25, 0.3) is 0 Å². The monoisotopic (exact) mass is 159 g/mol. The first-order valence-corrected chi connectivity index (χ1v) is 4.26. The second-order valence-electron chi connectivity index (χ2n) is 2.05. The van der Waals surface area contributed by atoms with Crippen molar-refractivity contribution in [1.82, 2.24) is 4.90 Å². The molecule has 66 valence electrons. The molecule has 1 aliphatic rings. The fourth-order valence-electron chi connectivity index (χ4n) is 0.885. The summed E-state index contributed by atoms with van der Waals surface area (Å²) in [6.45, 7) is 8.16. The number of hydrogen-bond acceptors (Lipinski definition) is 2. The minimum Gasteiger partial charge on any atom is -0.449 e. The summed E-state index contributed by atoms with van der Waals surface area (Å²) in [6, 6.07) is 0. The van der Waals surface area contributed by atoms with Crippen molar-refractivity contribution in [2.75, 3.05) is 19.7 Å². The van der Waals surface area contributed by atoms with E-state index < -0.39 is 0 Å². The van der Waals surface area contributed by atoms with Crippen molar-refractivity contribution < 1.29 is 9.53 Å². The van der Waals surface area contributed by atoms with Crippen molar-refractivity contribution in [2.45, 2.75) is 27.2 Å². The zero-order chi connectivity index (χ0) is 8.69. The van der Waals surface area contributed by atoms with Crippen molar-refractivity contribution in [1.29, 1.82) is 0 Å². The Labute approximate surface area is 68.3 Å². The lowest BCUT2D eigenvalue weighted by Gasteiger charge is -2.24. The number of carbonyl (C=O) groups excluding carboxylic acids is 1. The number of rotatable bonds is 1. The maximum absolute atomic E-state index is 10.7. The van der Waals surface area contributed by atoms with Crippen LogP contribution < -0.4 is 0 Å². The molecule has 0 bridgehead atoms. The van der Waals surface area contributed by atoms with Gasteiger partial charge in [-0.2, -0.15) is 0 Å². The van der Waals surface area contributed by atoms with Crippen molar-refractivity contribution in [2.24, 2.45) is 0 Å². The summed E-state index contributed by atoms with van der Waals surface area (Å²) in [5.41, 5.74) is 0. The molecule has 0 aliphatic carbocycles. The number of ether oxygens (including phenoxy) is 1. The Morgan fingerprint density at radius 3 is 2.55 bits per heavy atom. The molecule has 1 fully saturated rings. The van der Waals surface area contributed by atoms with Gasteiger partial charge in [-0.05, 0) is 13.3 Å². The van der Waals surface area contributed by atoms with E-state index in [9.17, 15) is 4.79 Å². The number of nitrogens with zero attached hydrogens (tertiary/aromatic N) is 1. The van der Waals surface area contributed by atoms with Gasteiger partial charge in [0.1, 0.15) is 0 Å². The zero-order valence-corrected chi connectivity index (χ0v) is 7.59. The fourth-order valence-corrected chi connectivity index (χ4v) is 0.885. The lowest BCUT2D eigenvalue weighted by Crippen LogP contribution is -2.37. The molecule has 0 saturated carbocycles. The van der Waals surface area contributed by atoms with E-state index in [4.69, 9.17) is 4.74 Å². The second kappa shape index (κ2) is 6.01. The molecule has 1 heterocycles. The third kappa shape index (κ3) is 3.25. The maximum atomic E-state index is 10.7. The molecule has 3 heteroatoms. The molecule has 0 aromatic rings. The summed E-state index contributed by atoms with van der Waals surface area (Å²) < 4.78 is 4.77. The van der Waals surface area contributed by atoms with Crippen LogP contribution in [0.5, 0.6) is 0 Å². The average Bonchev–Trinajstić information content (AvgIpc) is 2.09. The normalized spacial score (nSPS) is 16.6. The van der Waals surface area contributed by atoms with Crippen LogP contribution in [0.3, 0.4) is 0 Å². The van der Waals surface area contributed by atoms with Crippen LogP contribution in [-0.4, -0.2) is 30.7 Å². The van der Waals surface area contributed by atoms with Gasteiger partial charge in [0.05, 0.1) is 6.61 Å². The molecule has 0 atom stereocenters. The Bertz CT molecular complexity index is 115. The molecule has 0 unspecified atom stereocenters. The minimum atomic E-state index is -0.163. The molecule has 11 heavy (non-hydrogen) atoms. The van der Waals surface area contributed by atoms with E-state index in [0.717, 1.165) is 19.5 Å². The molecular formula is C8H17NO2. The van der Waals surface area contributed by atoms with E-state index >= 15 is 0 Å². The number of hydrogen-bond donors (Lipinski definition) is 0. The van der Waals surface area contributed by atoms with E-state index in [1.807, 2.05) is 20.8 Å². The highest BCUT2D eigenvalue weighted by Crippen LogP contribution is 2.02. The van der Waals surface area contributed by atoms with Gasteiger partial charge in [0, 0.05) is 13.1 Å². The smallest absolute Gasteiger partial charge is 0.409 e. The first-order valence-electron chi connectivity index (χ1n) is 4.26. The SMILES string of the molecule is CC.CCN1CCCOC1=O. The van der Waals surface area contributed by atoms with Gasteiger partial charge in [-0.3, -0.25) is 0 Å². The molecule has 0 N–H and O–H groups in total. The lowest BCUT2D eigenvalue weighted by atomic mass is 10.4. The first kappa shape index (κ1) is 10.3. The predicted octanol–water partition coefficient (Wildman–Crippen LogP) is 1.87. The third-order valence-corrected chi connectivity index (χ3v) is 1.44. The molecule has 1 aliphatic heterocycles. The highest BCUT2D eigenvalue weighted by atomic mass is 16.6. The summed E-state index contributed by atoms with van der Waals surface area (Å²) in [7, 11) is 0. The van der Waals surface area contributed by atoms with Crippen LogP contribution in [0.4, 0.5) is 4.79 Å². The van der Waals surface area contributed by atoms with E-state index in [0.29, 0.717) is 6.61 Å². The molecule has 1 amide bonds. The van der Waals surface area contributed by atoms with Gasteiger partial charge < -0.3 is 9.64 Å². The molecule has 3 nitrogen and oxygen atoms in total. The second-order valence-corrected chi connectivity index (χ2v) is 2.05. The van der Waals surface area contributed by atoms with Gasteiger partial charge in [0.15, 0.2) is 0 Å². The summed E-state index contributed by atoms with van der Waals surface area (Å²) in [5.74, 6) is 0. The predicted molar refractivity (Wildman–Crippen MR) is 44.6 cm³/mol. The van der Waals surface area contributed by atoms with Crippen LogP contribution in [0, 0.1) is 0 Å². The Kier molecular flexibility index (Phi) is 5.61. The van der Waals surface area contributed by atoms with Gasteiger partial charge in [-0.15, -0.1) is 0 Å². The Balaban J connectivity index is 0.000000461. The fraction of sp³-hybridized carbons (Fsp3) is 0.875. The van der Waals surface area contributed by atoms with Crippen LogP contribution >= 0.6 is 0 Å². The minimum absolute atomic E-state index is 0.163. The summed E-state index contributed by atoms with van der Waals surface area (Å²) in [4.78, 5) is 12.4. The van der Waals surface area contributed by atoms with Crippen LogP contribution in [0.2, 0.25) is 0 Å². The molecule has 0 aromatic heterocycles. The van der Waals surface area contributed by atoms with Gasteiger partial charge in [0.2, 0.25) is 0 Å². The van der Waals surface area contributed by atoms with Crippen molar-refractivity contribution in [3.63, 3.8) is 0 Å². The standard InChI is InChI=1S/C6H11NO2.C2H6/c1-2-7-4-3-5-9-6(7)8;1-2/h2-5H2,1H3;1-2H3. The van der Waals surface area contributed by atoms with E-state index in [1.165, 1.54) is 0 Å². The van der Waals surface area contributed by atoms with Crippen LogP contribution in [0.1, 0.15) is 27.2 Å². The summed E-state index contributed by atoms with van der Waals surface area (Å²) in [6.07, 6.45) is 0.809. The first-order chi connectivity index (χ1) is 5.34. The number of amides is 1. The largest absolute Gasteiger partial charge is 0.449 e. The van der Waals surface area contributed by atoms with Gasteiger partial charge >= 0.3 is 6.09 Å². The summed E-state index contributed by atoms with van der Waals surface area (Å²) in [5, 5.41) is 0. The van der Waals surface area contributed by atoms with Crippen molar-refractivity contribution >= 4 is 6.09 Å². The van der Waals surface area contributed by atoms with Gasteiger partial charge in [-0.1, -0.05) is 13.8 Å². The molecule has 0 aromatic carbocycles. The van der Waals surface area contributed by atoms with Crippen LogP contribution in [-0.2, 0) is 4.74 Å². The van der Waals surface area contributed by atoms with Crippen molar-refractivity contribution in [3.8, 4) is 0 Å². The number of cyclic esters (lactones) is 1. The van der Waals surface area contributed by atoms with Crippen LogP contribution in [0.15, 0.2) is 0 Å². The van der Waals surface area contributed by atoms with E-state index in [-0.39, 0.29) is 6.09 Å². The molecule has 1 saturated heterocycles. The topological polar surface area (TPSA) is 29.5 Å². The maximum Gasteiger partial charge on any atom is 0.409 e. The van der Waals surface area contributed by atoms with Gasteiger partial charge in [0.25, 0.3) is 0 Å². The number of carbonyl (C=O) groups is 1. The molecule has 0 radical (unpaired) electrons. The van der Waals surface area contributed by atoms with Gasteiger partial charge in [-0.25, -0.2) is 4.79 Å². The highest BCUT2D eigenvalue weighted by molar-refractivity contribution is 5.68. The Morgan fingerprint density at radius 2 is 2.18 bits per heavy atom. The molecule has 0 spiro atoms. The highest BCUT2D eigenvalue weighted by Gasteiger charge is 2.16. The zero-order valence-electron chi connectivity index (χ0n) is 7.59. The lowest BCUT2D eigenvalue weighted by molar-refractivity contribution is 0.0752. The Morgan fingerprint density at radius 1 is 1.55 bits per heavy atom. The summed E-state index contributed by atoms with van der Waals surface area (Å²) >= 11 is 0. The average molecular weight is 159 g/mol. The quantitative estimate of drug-likeness (QED) is 0.584.